The summed E-state index contributed by atoms with van der Waals surface area (Å²) in [6.07, 6.45) is 0. The Hall–Kier alpha value is -7.30. The van der Waals surface area contributed by atoms with Crippen LogP contribution in [0.15, 0.2) is 182 Å². The molecule has 0 N–H and O–H groups in total. The molecule has 9 aromatic carbocycles. The van der Waals surface area contributed by atoms with Crippen molar-refractivity contribution in [2.45, 2.75) is 0 Å². The number of ketones is 4. The van der Waals surface area contributed by atoms with Gasteiger partial charge in [-0.2, -0.15) is 0 Å². The van der Waals surface area contributed by atoms with Crippen molar-refractivity contribution in [2.75, 3.05) is 0 Å². The van der Waals surface area contributed by atoms with Gasteiger partial charge in [0.1, 0.15) is 0 Å². The van der Waals surface area contributed by atoms with Gasteiger partial charge in [-0.1, -0.05) is 146 Å². The van der Waals surface area contributed by atoms with Crippen LogP contribution in [0, 0.1) is 0 Å². The number of fused-ring (bicyclic) bond motifs is 4. The maximum absolute atomic E-state index is 15.1. The van der Waals surface area contributed by atoms with E-state index in [-0.39, 0.29) is 33.4 Å². The van der Waals surface area contributed by atoms with Crippen LogP contribution in [0.5, 0.6) is 0 Å². The first-order valence-electron chi connectivity index (χ1n) is 17.8. The number of hydrogen-bond donors (Lipinski definition) is 0. The summed E-state index contributed by atoms with van der Waals surface area (Å²) in [5.41, 5.74) is 1.25. The molecule has 9 aromatic rings. The number of carbonyl (C=O) groups is 4. The van der Waals surface area contributed by atoms with Gasteiger partial charge >= 0.3 is 0 Å². The Morgan fingerprint density at radius 2 is 0.481 bits per heavy atom. The maximum Gasteiger partial charge on any atom is 0.194 e. The predicted molar refractivity (Wildman–Crippen MR) is 216 cm³/mol. The fourth-order valence-electron chi connectivity index (χ4n) is 7.54. The minimum absolute atomic E-state index is 0.0782. The number of rotatable bonds is 8. The van der Waals surface area contributed by atoms with Gasteiger partial charge < -0.3 is 0 Å². The molecule has 0 saturated heterocycles. The minimum atomic E-state index is -0.525. The van der Waals surface area contributed by atoms with E-state index in [1.165, 1.54) is 0 Å². The van der Waals surface area contributed by atoms with Crippen molar-refractivity contribution < 1.29 is 19.2 Å². The lowest BCUT2D eigenvalue weighted by Crippen LogP contribution is -2.22. The maximum atomic E-state index is 15.1. The van der Waals surface area contributed by atoms with Crippen LogP contribution in [0.2, 0.25) is 0 Å². The molecule has 0 unspecified atom stereocenters. The van der Waals surface area contributed by atoms with E-state index in [1.54, 1.807) is 109 Å². The van der Waals surface area contributed by atoms with Gasteiger partial charge in [0.15, 0.2) is 23.1 Å². The molecule has 0 aliphatic rings. The summed E-state index contributed by atoms with van der Waals surface area (Å²) in [6, 6.07) is 55.1. The van der Waals surface area contributed by atoms with Crippen LogP contribution < -0.4 is 0 Å². The Morgan fingerprint density at radius 3 is 0.796 bits per heavy atom. The Bertz CT molecular complexity index is 2760. The van der Waals surface area contributed by atoms with E-state index in [1.807, 2.05) is 36.4 Å². The lowest BCUT2D eigenvalue weighted by Gasteiger charge is -2.22. The molecule has 254 valence electrons. The molecular formula is C50H30O4. The van der Waals surface area contributed by atoms with Gasteiger partial charge in [-0.25, -0.2) is 0 Å². The van der Waals surface area contributed by atoms with Crippen LogP contribution in [0.25, 0.3) is 43.1 Å². The third kappa shape index (κ3) is 5.58. The van der Waals surface area contributed by atoms with Crippen molar-refractivity contribution in [3.8, 4) is 0 Å². The van der Waals surface area contributed by atoms with Crippen LogP contribution >= 0.6 is 0 Å². The molecule has 0 aromatic heterocycles. The van der Waals surface area contributed by atoms with Gasteiger partial charge in [-0.15, -0.1) is 0 Å². The highest BCUT2D eigenvalue weighted by molar-refractivity contribution is 6.36. The molecule has 54 heavy (non-hydrogen) atoms. The average Bonchev–Trinajstić information content (AvgIpc) is 3.23. The fourth-order valence-corrected chi connectivity index (χ4v) is 7.54. The second kappa shape index (κ2) is 13.4. The molecule has 0 saturated carbocycles. The summed E-state index contributed by atoms with van der Waals surface area (Å²) < 4.78 is 0. The molecule has 9 rings (SSSR count). The first-order chi connectivity index (χ1) is 26.5. The number of benzene rings is 9. The zero-order valence-corrected chi connectivity index (χ0v) is 29.0. The Labute approximate surface area is 310 Å². The van der Waals surface area contributed by atoms with Crippen LogP contribution in [0.4, 0.5) is 0 Å². The molecule has 0 amide bonds. The molecule has 0 radical (unpaired) electrons. The van der Waals surface area contributed by atoms with Crippen LogP contribution in [0.3, 0.4) is 0 Å². The van der Waals surface area contributed by atoms with E-state index in [9.17, 15) is 0 Å². The third-order valence-electron chi connectivity index (χ3n) is 10.1. The van der Waals surface area contributed by atoms with Gasteiger partial charge in [0.05, 0.1) is 0 Å². The molecule has 4 nitrogen and oxygen atoms in total. The Balaban J connectivity index is 1.49. The van der Waals surface area contributed by atoms with E-state index < -0.39 is 23.1 Å². The van der Waals surface area contributed by atoms with Crippen molar-refractivity contribution in [1.29, 1.82) is 0 Å². The molecule has 0 aliphatic carbocycles. The second-order valence-electron chi connectivity index (χ2n) is 13.4. The third-order valence-corrected chi connectivity index (χ3v) is 10.1. The molecule has 4 heteroatoms. The SMILES string of the molecule is O=C(c1ccccc1)c1c(C(=O)c2ccccc2)c(C(=O)c2ccccc2)c2cc3cc4cc5ccccc5cc4cc3cc2c1C(=O)c1ccccc1. The van der Waals surface area contributed by atoms with Gasteiger partial charge in [-0.05, 0) is 79.5 Å². The van der Waals surface area contributed by atoms with Gasteiger partial charge in [-0.3, -0.25) is 19.2 Å². The van der Waals surface area contributed by atoms with Crippen LogP contribution in [0.1, 0.15) is 63.7 Å². The Morgan fingerprint density at radius 1 is 0.241 bits per heavy atom. The summed E-state index contributed by atoms with van der Waals surface area (Å²) in [5, 5.41) is 6.69. The van der Waals surface area contributed by atoms with Gasteiger partial charge in [0.25, 0.3) is 0 Å². The molecule has 0 heterocycles. The standard InChI is InChI=1S/C50H30O4/c51-47(31-15-5-1-6-16-31)43-41-29-39-27-37-25-35-23-13-14-24-36(35)26-38(37)28-40(39)30-42(41)44(48(52)32-17-7-2-8-18-32)46(50(54)34-21-11-4-12-22-34)45(43)49(53)33-19-9-3-10-20-33/h1-30H. The minimum Gasteiger partial charge on any atom is -0.289 e. The van der Waals surface area contributed by atoms with Crippen molar-refractivity contribution >= 4 is 66.2 Å². The predicted octanol–water partition coefficient (Wildman–Crippen LogP) is 11.2. The zero-order chi connectivity index (χ0) is 36.8. The Kier molecular flexibility index (Phi) is 8.06. The second-order valence-corrected chi connectivity index (χ2v) is 13.4. The molecule has 0 bridgehead atoms. The van der Waals surface area contributed by atoms with Crippen molar-refractivity contribution in [3.63, 3.8) is 0 Å². The molecule has 0 aliphatic heterocycles. The lowest BCUT2D eigenvalue weighted by atomic mass is 9.78. The number of carbonyl (C=O) groups excluding carboxylic acids is 4. The molecule has 0 spiro atoms. The average molecular weight is 695 g/mol. The lowest BCUT2D eigenvalue weighted by molar-refractivity contribution is 0.0983. The van der Waals surface area contributed by atoms with Crippen molar-refractivity contribution in [1.82, 2.24) is 0 Å². The zero-order valence-electron chi connectivity index (χ0n) is 29.0. The summed E-state index contributed by atoms with van der Waals surface area (Å²) in [7, 11) is 0. The first kappa shape index (κ1) is 32.6. The van der Waals surface area contributed by atoms with E-state index in [2.05, 4.69) is 36.4 Å². The largest absolute Gasteiger partial charge is 0.289 e. The summed E-state index contributed by atoms with van der Waals surface area (Å²) >= 11 is 0. The summed E-state index contributed by atoms with van der Waals surface area (Å²) in [4.78, 5) is 60.2. The highest BCUT2D eigenvalue weighted by Gasteiger charge is 2.35. The highest BCUT2D eigenvalue weighted by atomic mass is 16.1. The number of hydrogen-bond acceptors (Lipinski definition) is 4. The molecule has 0 fully saturated rings. The smallest absolute Gasteiger partial charge is 0.194 e. The van der Waals surface area contributed by atoms with Crippen molar-refractivity contribution in [3.05, 3.63) is 226 Å². The van der Waals surface area contributed by atoms with Gasteiger partial charge in [0.2, 0.25) is 0 Å². The van der Waals surface area contributed by atoms with E-state index in [4.69, 9.17) is 0 Å². The van der Waals surface area contributed by atoms with Gasteiger partial charge in [0, 0.05) is 44.5 Å². The van der Waals surface area contributed by atoms with E-state index in [0.29, 0.717) is 21.9 Å². The first-order valence-corrected chi connectivity index (χ1v) is 17.8. The molecular weight excluding hydrogens is 665 g/mol. The fraction of sp³-hybridized carbons (Fsp3) is 0. The molecule has 0 atom stereocenters. The van der Waals surface area contributed by atoms with E-state index in [0.717, 1.165) is 32.3 Å². The quantitative estimate of drug-likeness (QED) is 0.117. The summed E-state index contributed by atoms with van der Waals surface area (Å²) in [5.74, 6) is -1.90. The normalized spacial score (nSPS) is 11.3. The topological polar surface area (TPSA) is 68.3 Å². The summed E-state index contributed by atoms with van der Waals surface area (Å²) in [6.45, 7) is 0. The van der Waals surface area contributed by atoms with Crippen molar-refractivity contribution in [2.24, 2.45) is 0 Å². The van der Waals surface area contributed by atoms with E-state index >= 15 is 19.2 Å². The highest BCUT2D eigenvalue weighted by Crippen LogP contribution is 2.40. The monoisotopic (exact) mass is 694 g/mol. The van der Waals surface area contributed by atoms with Crippen LogP contribution in [-0.2, 0) is 0 Å². The van der Waals surface area contributed by atoms with Crippen LogP contribution in [-0.4, -0.2) is 23.1 Å².